The summed E-state index contributed by atoms with van der Waals surface area (Å²) in [6.07, 6.45) is -0.731. The standard InChI is InChI=1S/C10H9NO.C3H9NO2/c11-9-5-1-4-8-7(9)3-2-6-10(8)12;4-1-3(6)2-5/h1-6,12H,11H2;3,5-6H,1-2,4H2. The van der Waals surface area contributed by atoms with E-state index < -0.39 is 6.10 Å². The van der Waals surface area contributed by atoms with Crippen LogP contribution in [0.5, 0.6) is 5.75 Å². The Morgan fingerprint density at radius 1 is 1.06 bits per heavy atom. The summed E-state index contributed by atoms with van der Waals surface area (Å²) in [6.45, 7) is -0.104. The lowest BCUT2D eigenvalue weighted by Crippen LogP contribution is -2.22. The number of fused-ring (bicyclic) bond motifs is 1. The smallest absolute Gasteiger partial charge is 0.123 e. The van der Waals surface area contributed by atoms with E-state index in [-0.39, 0.29) is 18.9 Å². The van der Waals surface area contributed by atoms with Gasteiger partial charge in [0.25, 0.3) is 0 Å². The minimum Gasteiger partial charge on any atom is -0.507 e. The number of anilines is 1. The van der Waals surface area contributed by atoms with Crippen molar-refractivity contribution >= 4 is 16.5 Å². The van der Waals surface area contributed by atoms with Crippen LogP contribution < -0.4 is 11.5 Å². The molecule has 2 aromatic carbocycles. The van der Waals surface area contributed by atoms with E-state index >= 15 is 0 Å². The van der Waals surface area contributed by atoms with Crippen LogP contribution in [0.4, 0.5) is 5.69 Å². The van der Waals surface area contributed by atoms with E-state index in [4.69, 9.17) is 21.7 Å². The first-order chi connectivity index (χ1) is 8.60. The molecule has 5 heteroatoms. The molecule has 2 aromatic rings. The van der Waals surface area contributed by atoms with Crippen molar-refractivity contribution in [1.29, 1.82) is 0 Å². The molecule has 0 aliphatic rings. The number of hydrogen-bond acceptors (Lipinski definition) is 5. The van der Waals surface area contributed by atoms with Crippen molar-refractivity contribution in [2.45, 2.75) is 6.10 Å². The number of aromatic hydroxyl groups is 1. The highest BCUT2D eigenvalue weighted by Crippen LogP contribution is 2.27. The third-order valence-electron chi connectivity index (χ3n) is 2.42. The minimum atomic E-state index is -0.731. The van der Waals surface area contributed by atoms with Crippen LogP contribution in [0.3, 0.4) is 0 Å². The largest absolute Gasteiger partial charge is 0.507 e. The molecule has 1 atom stereocenters. The van der Waals surface area contributed by atoms with E-state index in [1.165, 1.54) is 0 Å². The lowest BCUT2D eigenvalue weighted by atomic mass is 10.1. The zero-order valence-corrected chi connectivity index (χ0v) is 9.95. The highest BCUT2D eigenvalue weighted by Gasteiger charge is 1.99. The van der Waals surface area contributed by atoms with Crippen LogP contribution in [0.15, 0.2) is 36.4 Å². The minimum absolute atomic E-state index is 0.135. The summed E-state index contributed by atoms with van der Waals surface area (Å²) >= 11 is 0. The molecule has 0 spiro atoms. The number of phenols is 1. The quantitative estimate of drug-likeness (QED) is 0.496. The Balaban J connectivity index is 0.000000232. The molecule has 0 saturated heterocycles. The molecule has 0 aliphatic heterocycles. The van der Waals surface area contributed by atoms with Gasteiger partial charge in [0, 0.05) is 23.0 Å². The van der Waals surface area contributed by atoms with Gasteiger partial charge in [0.1, 0.15) is 5.75 Å². The number of hydrogen-bond donors (Lipinski definition) is 5. The molecular formula is C13H18N2O3. The Morgan fingerprint density at radius 3 is 2.17 bits per heavy atom. The molecule has 0 bridgehead atoms. The topological polar surface area (TPSA) is 113 Å². The number of nitrogen functional groups attached to an aromatic ring is 1. The van der Waals surface area contributed by atoms with E-state index in [2.05, 4.69) is 0 Å². The van der Waals surface area contributed by atoms with Crippen molar-refractivity contribution in [1.82, 2.24) is 0 Å². The fraction of sp³-hybridized carbons (Fsp3) is 0.231. The first-order valence-electron chi connectivity index (χ1n) is 5.55. The maximum Gasteiger partial charge on any atom is 0.123 e. The summed E-state index contributed by atoms with van der Waals surface area (Å²) in [5, 5.41) is 27.4. The maximum atomic E-state index is 9.44. The van der Waals surface area contributed by atoms with E-state index in [1.807, 2.05) is 24.3 Å². The Bertz CT molecular complexity index is 457. The summed E-state index contributed by atoms with van der Waals surface area (Å²) in [4.78, 5) is 0. The van der Waals surface area contributed by atoms with Crippen LogP contribution >= 0.6 is 0 Å². The second-order valence-corrected chi connectivity index (χ2v) is 3.79. The SMILES string of the molecule is NCC(O)CO.Nc1cccc2c(O)cccc12. The molecule has 0 fully saturated rings. The normalized spacial score (nSPS) is 11.7. The molecule has 5 nitrogen and oxygen atoms in total. The van der Waals surface area contributed by atoms with Crippen molar-refractivity contribution in [3.05, 3.63) is 36.4 Å². The first kappa shape index (κ1) is 14.2. The van der Waals surface area contributed by atoms with E-state index in [0.29, 0.717) is 5.69 Å². The first-order valence-corrected chi connectivity index (χ1v) is 5.55. The van der Waals surface area contributed by atoms with Gasteiger partial charge in [0.2, 0.25) is 0 Å². The lowest BCUT2D eigenvalue weighted by Gasteiger charge is -2.02. The van der Waals surface area contributed by atoms with Crippen LogP contribution in [0, 0.1) is 0 Å². The predicted molar refractivity (Wildman–Crippen MR) is 72.2 cm³/mol. The molecule has 98 valence electrons. The van der Waals surface area contributed by atoms with Gasteiger partial charge in [-0.15, -0.1) is 0 Å². The Kier molecular flexibility index (Phi) is 5.38. The van der Waals surface area contributed by atoms with Crippen molar-refractivity contribution in [2.75, 3.05) is 18.9 Å². The van der Waals surface area contributed by atoms with Gasteiger partial charge < -0.3 is 26.8 Å². The molecule has 0 amide bonds. The van der Waals surface area contributed by atoms with Gasteiger partial charge in [-0.2, -0.15) is 0 Å². The van der Waals surface area contributed by atoms with Crippen LogP contribution in [-0.4, -0.2) is 34.6 Å². The number of phenolic OH excluding ortho intramolecular Hbond substituents is 1. The Hall–Kier alpha value is -1.82. The van der Waals surface area contributed by atoms with Crippen LogP contribution in [-0.2, 0) is 0 Å². The van der Waals surface area contributed by atoms with E-state index in [9.17, 15) is 5.11 Å². The molecule has 1 unspecified atom stereocenters. The van der Waals surface area contributed by atoms with E-state index in [0.717, 1.165) is 10.8 Å². The van der Waals surface area contributed by atoms with Crippen molar-refractivity contribution in [2.24, 2.45) is 5.73 Å². The van der Waals surface area contributed by atoms with Crippen LogP contribution in [0.2, 0.25) is 0 Å². The fourth-order valence-corrected chi connectivity index (χ4v) is 1.39. The summed E-state index contributed by atoms with van der Waals surface area (Å²) in [5.74, 6) is 0.278. The van der Waals surface area contributed by atoms with Gasteiger partial charge in [-0.25, -0.2) is 0 Å². The van der Waals surface area contributed by atoms with E-state index in [1.54, 1.807) is 12.1 Å². The molecule has 0 heterocycles. The van der Waals surface area contributed by atoms with Gasteiger partial charge in [-0.3, -0.25) is 0 Å². The lowest BCUT2D eigenvalue weighted by molar-refractivity contribution is 0.102. The fourth-order valence-electron chi connectivity index (χ4n) is 1.39. The number of nitrogens with two attached hydrogens (primary N) is 2. The molecular weight excluding hydrogens is 232 g/mol. The average Bonchev–Trinajstić information content (AvgIpc) is 2.40. The summed E-state index contributed by atoms with van der Waals surface area (Å²) in [6, 6.07) is 10.8. The third-order valence-corrected chi connectivity index (χ3v) is 2.42. The Labute approximate surface area is 105 Å². The van der Waals surface area contributed by atoms with Crippen LogP contribution in [0.1, 0.15) is 0 Å². The van der Waals surface area contributed by atoms with Gasteiger partial charge in [-0.1, -0.05) is 24.3 Å². The van der Waals surface area contributed by atoms with Crippen LogP contribution in [0.25, 0.3) is 10.8 Å². The third kappa shape index (κ3) is 3.59. The number of benzene rings is 2. The predicted octanol–water partition coefficient (Wildman–Crippen LogP) is 0.426. The van der Waals surface area contributed by atoms with Crippen molar-refractivity contribution in [3.8, 4) is 5.75 Å². The van der Waals surface area contributed by atoms with Gasteiger partial charge in [0.05, 0.1) is 12.7 Å². The summed E-state index contributed by atoms with van der Waals surface area (Å²) in [7, 11) is 0. The van der Waals surface area contributed by atoms with Crippen molar-refractivity contribution < 1.29 is 15.3 Å². The molecule has 0 radical (unpaired) electrons. The zero-order valence-electron chi connectivity index (χ0n) is 9.95. The molecule has 2 rings (SSSR count). The summed E-state index contributed by atoms with van der Waals surface area (Å²) < 4.78 is 0. The highest BCUT2D eigenvalue weighted by atomic mass is 16.3. The molecule has 0 aliphatic carbocycles. The number of aliphatic hydroxyl groups is 2. The molecule has 0 saturated carbocycles. The second kappa shape index (κ2) is 6.80. The van der Waals surface area contributed by atoms with Gasteiger partial charge >= 0.3 is 0 Å². The zero-order chi connectivity index (χ0) is 13.5. The van der Waals surface area contributed by atoms with Gasteiger partial charge in [0.15, 0.2) is 0 Å². The average molecular weight is 250 g/mol. The highest BCUT2D eigenvalue weighted by molar-refractivity contribution is 5.96. The van der Waals surface area contributed by atoms with Crippen molar-refractivity contribution in [3.63, 3.8) is 0 Å². The Morgan fingerprint density at radius 2 is 1.67 bits per heavy atom. The number of aliphatic hydroxyl groups excluding tert-OH is 2. The number of rotatable bonds is 2. The molecule has 7 N–H and O–H groups in total. The molecule has 0 aromatic heterocycles. The second-order valence-electron chi connectivity index (χ2n) is 3.79. The van der Waals surface area contributed by atoms with Gasteiger partial charge in [-0.05, 0) is 12.1 Å². The summed E-state index contributed by atoms with van der Waals surface area (Å²) in [5.41, 5.74) is 11.3. The maximum absolute atomic E-state index is 9.44. The monoisotopic (exact) mass is 250 g/mol. The molecule has 18 heavy (non-hydrogen) atoms.